The third kappa shape index (κ3) is 5.09. The minimum Gasteiger partial charge on any atom is -0.474 e. The molecule has 3 aliphatic heterocycles. The summed E-state index contributed by atoms with van der Waals surface area (Å²) in [4.78, 5) is 26.0. The van der Waals surface area contributed by atoms with Crippen molar-refractivity contribution in [2.24, 2.45) is 7.05 Å². The van der Waals surface area contributed by atoms with Crippen molar-refractivity contribution in [3.8, 4) is 17.5 Å². The van der Waals surface area contributed by atoms with Gasteiger partial charge in [-0.15, -0.1) is 0 Å². The highest BCUT2D eigenvalue weighted by Crippen LogP contribution is 2.48. The van der Waals surface area contributed by atoms with Crippen LogP contribution in [0.1, 0.15) is 87.9 Å². The van der Waals surface area contributed by atoms with Gasteiger partial charge in [0.1, 0.15) is 6.61 Å². The van der Waals surface area contributed by atoms with E-state index in [2.05, 4.69) is 24.0 Å². The number of aromatic nitrogens is 5. The van der Waals surface area contributed by atoms with E-state index in [0.29, 0.717) is 67.7 Å². The Hall–Kier alpha value is -2.80. The van der Waals surface area contributed by atoms with Gasteiger partial charge in [-0.05, 0) is 58.5 Å². The van der Waals surface area contributed by atoms with Crippen molar-refractivity contribution in [1.29, 1.82) is 0 Å². The molecule has 3 aromatic heterocycles. The van der Waals surface area contributed by atoms with Crippen LogP contribution < -0.4 is 10.4 Å². The highest BCUT2D eigenvalue weighted by Gasteiger charge is 2.49. The van der Waals surface area contributed by atoms with Gasteiger partial charge in [0.05, 0.1) is 24.8 Å². The second-order valence-electron chi connectivity index (χ2n) is 12.6. The average Bonchev–Trinajstić information content (AvgIpc) is 3.81. The summed E-state index contributed by atoms with van der Waals surface area (Å²) >= 11 is 0. The molecular weight excluding hydrogens is 552 g/mol. The Morgan fingerprint density at radius 3 is 2.56 bits per heavy atom. The molecule has 0 unspecified atom stereocenters. The second kappa shape index (κ2) is 11.9. The van der Waals surface area contributed by atoms with Crippen LogP contribution in [-0.4, -0.2) is 87.6 Å². The molecule has 3 aromatic rings. The molecule has 0 aromatic carbocycles. The SMILES string of the molecule is CCCc1c([C@H]2CCCCC23OCCO3)noc1-c1nc(OC[C@@H]2CCCN2C)c2c(n1)n(C1CCOCC1)c(=O)n2C. The maximum absolute atomic E-state index is 13.7. The lowest BCUT2D eigenvalue weighted by Crippen LogP contribution is -2.40. The highest BCUT2D eigenvalue weighted by atomic mass is 16.7. The number of aryl methyl sites for hydroxylation is 1. The van der Waals surface area contributed by atoms with Gasteiger partial charge in [0, 0.05) is 44.3 Å². The van der Waals surface area contributed by atoms with Crippen molar-refractivity contribution >= 4 is 11.2 Å². The molecule has 1 saturated carbocycles. The van der Waals surface area contributed by atoms with Crippen LogP contribution in [-0.2, 0) is 27.7 Å². The van der Waals surface area contributed by atoms with Crippen LogP contribution in [0.2, 0.25) is 0 Å². The number of fused-ring (bicyclic) bond motifs is 1. The average molecular weight is 597 g/mol. The number of likely N-dealkylation sites (N-methyl/N-ethyl adjacent to an activating group) is 1. The zero-order valence-electron chi connectivity index (χ0n) is 25.7. The van der Waals surface area contributed by atoms with Crippen LogP contribution in [0.3, 0.4) is 0 Å². The van der Waals surface area contributed by atoms with Crippen molar-refractivity contribution in [2.75, 3.05) is 46.6 Å². The Balaban J connectivity index is 1.36. The van der Waals surface area contributed by atoms with Crippen molar-refractivity contribution in [3.05, 3.63) is 21.7 Å². The number of nitrogens with zero attached hydrogens (tertiary/aromatic N) is 6. The fourth-order valence-corrected chi connectivity index (χ4v) is 7.61. The van der Waals surface area contributed by atoms with Crippen LogP contribution in [0.5, 0.6) is 5.88 Å². The van der Waals surface area contributed by atoms with Crippen molar-refractivity contribution in [2.45, 2.75) is 94.9 Å². The number of ether oxygens (including phenoxy) is 4. The molecule has 12 nitrogen and oxygen atoms in total. The lowest BCUT2D eigenvalue weighted by atomic mass is 9.79. The quantitative estimate of drug-likeness (QED) is 0.378. The first-order chi connectivity index (χ1) is 21.0. The molecule has 7 rings (SSSR count). The minimum absolute atomic E-state index is 0.0133. The standard InChI is InChI=1S/C31H44N6O6/c1-4-8-22-24(23-10-5-6-13-31(23)41-17-18-42-31)34-43-26(22)27-32-28-25(29(33-27)40-19-21-9-7-14-35(21)2)36(3)30(38)37(28)20-11-15-39-16-12-20/h20-21,23H,4-19H2,1-3H3/t21-,23+/m0/s1. The molecule has 2 atom stereocenters. The molecule has 12 heteroatoms. The molecule has 0 bridgehead atoms. The predicted molar refractivity (Wildman–Crippen MR) is 158 cm³/mol. The van der Waals surface area contributed by atoms with Gasteiger partial charge in [-0.2, -0.15) is 4.98 Å². The minimum atomic E-state index is -0.649. The summed E-state index contributed by atoms with van der Waals surface area (Å²) in [6, 6.07) is 0.283. The molecule has 1 aliphatic carbocycles. The molecule has 234 valence electrons. The van der Waals surface area contributed by atoms with Crippen molar-refractivity contribution in [1.82, 2.24) is 29.2 Å². The molecule has 4 fully saturated rings. The summed E-state index contributed by atoms with van der Waals surface area (Å²) in [6.07, 6.45) is 9.30. The largest absolute Gasteiger partial charge is 0.474 e. The summed E-state index contributed by atoms with van der Waals surface area (Å²) < 4.78 is 34.2. The molecule has 4 aliphatic rings. The topological polar surface area (TPSA) is 119 Å². The number of imidazole rings is 1. The predicted octanol–water partition coefficient (Wildman–Crippen LogP) is 3.96. The fourth-order valence-electron chi connectivity index (χ4n) is 7.61. The third-order valence-corrected chi connectivity index (χ3v) is 9.96. The summed E-state index contributed by atoms with van der Waals surface area (Å²) in [5.74, 6) is 0.675. The zero-order valence-corrected chi connectivity index (χ0v) is 25.7. The summed E-state index contributed by atoms with van der Waals surface area (Å²) in [5.41, 5.74) is 2.92. The molecule has 6 heterocycles. The molecule has 3 saturated heterocycles. The van der Waals surface area contributed by atoms with E-state index >= 15 is 0 Å². The third-order valence-electron chi connectivity index (χ3n) is 9.96. The van der Waals surface area contributed by atoms with E-state index in [4.69, 9.17) is 33.4 Å². The first kappa shape index (κ1) is 28.9. The van der Waals surface area contributed by atoms with Crippen LogP contribution in [0, 0.1) is 0 Å². The van der Waals surface area contributed by atoms with Gasteiger partial charge < -0.3 is 28.4 Å². The van der Waals surface area contributed by atoms with Crippen LogP contribution >= 0.6 is 0 Å². The Morgan fingerprint density at radius 1 is 1.00 bits per heavy atom. The number of rotatable bonds is 8. The molecule has 43 heavy (non-hydrogen) atoms. The molecule has 1 spiro atoms. The summed E-state index contributed by atoms with van der Waals surface area (Å²) in [6.45, 7) is 6.11. The zero-order chi connectivity index (χ0) is 29.6. The van der Waals surface area contributed by atoms with Gasteiger partial charge in [-0.3, -0.25) is 9.13 Å². The highest BCUT2D eigenvalue weighted by molar-refractivity contribution is 5.80. The maximum Gasteiger partial charge on any atom is 0.330 e. The molecular formula is C31H44N6O6. The number of likely N-dealkylation sites (tertiary alicyclic amines) is 1. The number of hydrogen-bond donors (Lipinski definition) is 0. The summed E-state index contributed by atoms with van der Waals surface area (Å²) in [5, 5.41) is 4.66. The smallest absolute Gasteiger partial charge is 0.330 e. The van der Waals surface area contributed by atoms with Gasteiger partial charge in [-0.1, -0.05) is 24.9 Å². The lowest BCUT2D eigenvalue weighted by molar-refractivity contribution is -0.192. The van der Waals surface area contributed by atoms with Gasteiger partial charge in [0.2, 0.25) is 17.5 Å². The Bertz CT molecular complexity index is 1500. The van der Waals surface area contributed by atoms with Gasteiger partial charge >= 0.3 is 5.69 Å². The monoisotopic (exact) mass is 596 g/mol. The van der Waals surface area contributed by atoms with Crippen molar-refractivity contribution in [3.63, 3.8) is 0 Å². The molecule has 0 amide bonds. The van der Waals surface area contributed by atoms with Crippen molar-refractivity contribution < 1.29 is 23.5 Å². The van der Waals surface area contributed by atoms with E-state index in [0.717, 1.165) is 82.0 Å². The summed E-state index contributed by atoms with van der Waals surface area (Å²) in [7, 11) is 3.90. The Morgan fingerprint density at radius 2 is 1.81 bits per heavy atom. The van der Waals surface area contributed by atoms with Gasteiger partial charge in [0.25, 0.3) is 0 Å². The van der Waals surface area contributed by atoms with Gasteiger partial charge in [-0.25, -0.2) is 9.78 Å². The molecule has 0 N–H and O–H groups in total. The van der Waals surface area contributed by atoms with E-state index < -0.39 is 5.79 Å². The number of hydrogen-bond acceptors (Lipinski definition) is 10. The molecule has 0 radical (unpaired) electrons. The Kier molecular flexibility index (Phi) is 8.04. The Labute approximate surface area is 251 Å². The fraction of sp³-hybridized carbons (Fsp3) is 0.742. The van der Waals surface area contributed by atoms with Crippen LogP contribution in [0.25, 0.3) is 22.7 Å². The van der Waals surface area contributed by atoms with E-state index in [-0.39, 0.29) is 17.6 Å². The van der Waals surface area contributed by atoms with Crippen LogP contribution in [0.4, 0.5) is 0 Å². The lowest BCUT2D eigenvalue weighted by Gasteiger charge is -2.38. The van der Waals surface area contributed by atoms with Gasteiger partial charge in [0.15, 0.2) is 17.0 Å². The second-order valence-corrected chi connectivity index (χ2v) is 12.6. The van der Waals surface area contributed by atoms with Crippen LogP contribution in [0.15, 0.2) is 9.32 Å². The first-order valence-corrected chi connectivity index (χ1v) is 16.2. The van der Waals surface area contributed by atoms with E-state index in [9.17, 15) is 4.79 Å². The van der Waals surface area contributed by atoms with E-state index in [1.54, 1.807) is 11.6 Å². The normalized spacial score (nSPS) is 24.9. The van der Waals surface area contributed by atoms with E-state index in [1.807, 2.05) is 4.57 Å². The maximum atomic E-state index is 13.7. The first-order valence-electron chi connectivity index (χ1n) is 16.2. The van der Waals surface area contributed by atoms with E-state index in [1.165, 1.54) is 0 Å².